The number of carbonyl (C=O) groups is 1. The number of hydrogen-bond acceptors (Lipinski definition) is 4. The summed E-state index contributed by atoms with van der Waals surface area (Å²) in [5.74, 6) is 0.627. The Bertz CT molecular complexity index is 510. The van der Waals surface area contributed by atoms with Gasteiger partial charge in [0.25, 0.3) is 0 Å². The Kier molecular flexibility index (Phi) is 4.25. The fourth-order valence-corrected chi connectivity index (χ4v) is 2.58. The van der Waals surface area contributed by atoms with Crippen LogP contribution in [-0.4, -0.2) is 39.7 Å². The van der Waals surface area contributed by atoms with E-state index < -0.39 is 10.0 Å². The first kappa shape index (κ1) is 13.7. The van der Waals surface area contributed by atoms with E-state index >= 15 is 0 Å². The number of sulfonamides is 1. The predicted octanol–water partition coefficient (Wildman–Crippen LogP) is 0.823. The van der Waals surface area contributed by atoms with Crippen LogP contribution >= 0.6 is 0 Å². The topological polar surface area (TPSA) is 63.7 Å². The minimum absolute atomic E-state index is 0.153. The molecule has 5 nitrogen and oxygen atoms in total. The summed E-state index contributed by atoms with van der Waals surface area (Å²) >= 11 is 0. The molecule has 0 radical (unpaired) electrons. The second kappa shape index (κ2) is 5.29. The summed E-state index contributed by atoms with van der Waals surface area (Å²) in [7, 11) is -0.715. The van der Waals surface area contributed by atoms with Crippen LogP contribution in [0.25, 0.3) is 0 Å². The lowest BCUT2D eigenvalue weighted by molar-refractivity contribution is -0.107. The number of rotatable bonds is 5. The Morgan fingerprint density at radius 3 is 2.53 bits per heavy atom. The van der Waals surface area contributed by atoms with Gasteiger partial charge in [0.2, 0.25) is 10.0 Å². The van der Waals surface area contributed by atoms with Gasteiger partial charge in [-0.3, -0.25) is 0 Å². The first-order valence-electron chi connectivity index (χ1n) is 4.98. The van der Waals surface area contributed by atoms with E-state index in [4.69, 9.17) is 4.74 Å². The summed E-state index contributed by atoms with van der Waals surface area (Å²) in [5.41, 5.74) is 0.730. The third-order valence-corrected chi connectivity index (χ3v) is 4.23. The largest absolute Gasteiger partial charge is 0.496 e. The van der Waals surface area contributed by atoms with Crippen molar-refractivity contribution in [2.24, 2.45) is 0 Å². The van der Waals surface area contributed by atoms with Crippen molar-refractivity contribution in [1.82, 2.24) is 4.31 Å². The molecule has 1 aromatic rings. The number of nitrogens with zero attached hydrogens (tertiary/aromatic N) is 1. The van der Waals surface area contributed by atoms with Crippen molar-refractivity contribution >= 4 is 16.3 Å². The lowest BCUT2D eigenvalue weighted by Crippen LogP contribution is -2.28. The van der Waals surface area contributed by atoms with Gasteiger partial charge in [0.1, 0.15) is 12.0 Å². The maximum atomic E-state index is 12.0. The molecular formula is C11H15NO4S. The first-order valence-corrected chi connectivity index (χ1v) is 6.42. The maximum Gasteiger partial charge on any atom is 0.243 e. The van der Waals surface area contributed by atoms with E-state index in [2.05, 4.69) is 0 Å². The Hall–Kier alpha value is -1.40. The molecule has 0 aliphatic rings. The monoisotopic (exact) mass is 257 g/mol. The molecule has 0 spiro atoms. The average molecular weight is 257 g/mol. The summed E-state index contributed by atoms with van der Waals surface area (Å²) in [6.45, 7) is 1.60. The van der Waals surface area contributed by atoms with Crippen molar-refractivity contribution in [1.29, 1.82) is 0 Å². The highest BCUT2D eigenvalue weighted by molar-refractivity contribution is 7.89. The third kappa shape index (κ3) is 2.83. The molecule has 0 N–H and O–H groups in total. The molecule has 0 fully saturated rings. The fourth-order valence-electron chi connectivity index (χ4n) is 1.39. The molecule has 17 heavy (non-hydrogen) atoms. The Labute approximate surface area is 101 Å². The molecule has 0 saturated carbocycles. The average Bonchev–Trinajstić information content (AvgIpc) is 2.29. The molecule has 0 saturated heterocycles. The lowest BCUT2D eigenvalue weighted by atomic mass is 10.2. The summed E-state index contributed by atoms with van der Waals surface area (Å²) in [5, 5.41) is 0. The molecule has 0 aliphatic heterocycles. The molecule has 0 unspecified atom stereocenters. The van der Waals surface area contributed by atoms with E-state index in [0.717, 1.165) is 9.87 Å². The summed E-state index contributed by atoms with van der Waals surface area (Å²) in [6, 6.07) is 4.58. The molecular weight excluding hydrogens is 242 g/mol. The highest BCUT2D eigenvalue weighted by Gasteiger charge is 2.20. The van der Waals surface area contributed by atoms with Crippen LogP contribution in [0, 0.1) is 6.92 Å². The van der Waals surface area contributed by atoms with Crippen LogP contribution in [0.1, 0.15) is 5.56 Å². The van der Waals surface area contributed by atoms with Crippen LogP contribution in [0.15, 0.2) is 23.1 Å². The molecule has 6 heteroatoms. The van der Waals surface area contributed by atoms with Gasteiger partial charge in [0, 0.05) is 7.05 Å². The highest BCUT2D eigenvalue weighted by atomic mass is 32.2. The van der Waals surface area contributed by atoms with Crippen molar-refractivity contribution in [3.05, 3.63) is 23.8 Å². The minimum atomic E-state index is -3.60. The number of methoxy groups -OCH3 is 1. The van der Waals surface area contributed by atoms with Crippen LogP contribution in [0.3, 0.4) is 0 Å². The van der Waals surface area contributed by atoms with Crippen molar-refractivity contribution in [2.45, 2.75) is 11.8 Å². The van der Waals surface area contributed by atoms with Crippen LogP contribution < -0.4 is 4.74 Å². The molecule has 0 atom stereocenters. The number of carbonyl (C=O) groups excluding carboxylic acids is 1. The molecule has 1 rings (SSSR count). The quantitative estimate of drug-likeness (QED) is 0.733. The van der Waals surface area contributed by atoms with Gasteiger partial charge in [-0.1, -0.05) is 0 Å². The predicted molar refractivity (Wildman–Crippen MR) is 63.6 cm³/mol. The minimum Gasteiger partial charge on any atom is -0.496 e. The summed E-state index contributed by atoms with van der Waals surface area (Å²) < 4.78 is 30.1. The lowest BCUT2D eigenvalue weighted by Gasteiger charge is -2.15. The molecule has 0 bridgehead atoms. The van der Waals surface area contributed by atoms with Gasteiger partial charge in [-0.05, 0) is 30.7 Å². The Morgan fingerprint density at radius 1 is 1.41 bits per heavy atom. The van der Waals surface area contributed by atoms with Crippen molar-refractivity contribution in [3.63, 3.8) is 0 Å². The van der Waals surface area contributed by atoms with E-state index in [-0.39, 0.29) is 11.4 Å². The molecule has 0 aromatic heterocycles. The molecule has 0 aliphatic carbocycles. The summed E-state index contributed by atoms with van der Waals surface area (Å²) in [4.78, 5) is 10.5. The Morgan fingerprint density at radius 2 is 2.06 bits per heavy atom. The van der Waals surface area contributed by atoms with Crippen LogP contribution in [0.2, 0.25) is 0 Å². The SMILES string of the molecule is COc1ccc(S(=O)(=O)N(C)CC=O)cc1C. The van der Waals surface area contributed by atoms with Gasteiger partial charge in [-0.25, -0.2) is 8.42 Å². The number of aryl methyl sites for hydroxylation is 1. The van der Waals surface area contributed by atoms with Gasteiger partial charge >= 0.3 is 0 Å². The normalized spacial score (nSPS) is 11.5. The van der Waals surface area contributed by atoms with Gasteiger partial charge < -0.3 is 9.53 Å². The zero-order chi connectivity index (χ0) is 13.1. The Balaban J connectivity index is 3.16. The third-order valence-electron chi connectivity index (χ3n) is 2.41. The van der Waals surface area contributed by atoms with E-state index in [1.165, 1.54) is 26.3 Å². The number of benzene rings is 1. The first-order chi connectivity index (χ1) is 7.93. The molecule has 94 valence electrons. The molecule has 0 amide bonds. The van der Waals surface area contributed by atoms with E-state index in [9.17, 15) is 13.2 Å². The van der Waals surface area contributed by atoms with Gasteiger partial charge in [-0.2, -0.15) is 4.31 Å². The number of hydrogen-bond donors (Lipinski definition) is 0. The van der Waals surface area contributed by atoms with Gasteiger partial charge in [-0.15, -0.1) is 0 Å². The van der Waals surface area contributed by atoms with E-state index in [1.54, 1.807) is 13.0 Å². The molecule has 1 aromatic carbocycles. The maximum absolute atomic E-state index is 12.0. The van der Waals surface area contributed by atoms with Crippen LogP contribution in [0.4, 0.5) is 0 Å². The number of aldehydes is 1. The summed E-state index contributed by atoms with van der Waals surface area (Å²) in [6.07, 6.45) is 0.550. The smallest absolute Gasteiger partial charge is 0.243 e. The number of ether oxygens (including phenoxy) is 1. The van der Waals surface area contributed by atoms with Gasteiger partial charge in [0.05, 0.1) is 18.6 Å². The molecule has 0 heterocycles. The van der Waals surface area contributed by atoms with E-state index in [1.807, 2.05) is 0 Å². The second-order valence-electron chi connectivity index (χ2n) is 3.58. The zero-order valence-corrected chi connectivity index (χ0v) is 10.8. The van der Waals surface area contributed by atoms with Crippen molar-refractivity contribution in [2.75, 3.05) is 20.7 Å². The van der Waals surface area contributed by atoms with Crippen molar-refractivity contribution in [3.8, 4) is 5.75 Å². The van der Waals surface area contributed by atoms with Crippen molar-refractivity contribution < 1.29 is 17.9 Å². The standard InChI is InChI=1S/C11H15NO4S/c1-9-8-10(4-5-11(9)16-3)17(14,15)12(2)6-7-13/h4-5,7-8H,6H2,1-3H3. The fraction of sp³-hybridized carbons (Fsp3) is 0.364. The van der Waals surface area contributed by atoms with Crippen LogP contribution in [-0.2, 0) is 14.8 Å². The number of likely N-dealkylation sites (N-methyl/N-ethyl adjacent to an activating group) is 1. The van der Waals surface area contributed by atoms with Gasteiger partial charge in [0.15, 0.2) is 0 Å². The van der Waals surface area contributed by atoms with E-state index in [0.29, 0.717) is 12.0 Å². The second-order valence-corrected chi connectivity index (χ2v) is 5.63. The highest BCUT2D eigenvalue weighted by Crippen LogP contribution is 2.22. The van der Waals surface area contributed by atoms with Crippen LogP contribution in [0.5, 0.6) is 5.75 Å². The zero-order valence-electron chi connectivity index (χ0n) is 10.0.